The lowest BCUT2D eigenvalue weighted by Gasteiger charge is -2.06. The maximum absolute atomic E-state index is 11.6. The Kier molecular flexibility index (Phi) is 4.07. The van der Waals surface area contributed by atoms with Gasteiger partial charge in [-0.2, -0.15) is 0 Å². The zero-order valence-electron chi connectivity index (χ0n) is 8.53. The number of nitrogen functional groups attached to an aromatic ring is 1. The molecule has 0 aliphatic rings. The Morgan fingerprint density at radius 1 is 1.20 bits per heavy atom. The summed E-state index contributed by atoms with van der Waals surface area (Å²) >= 11 is 0. The van der Waals surface area contributed by atoms with E-state index >= 15 is 0 Å². The number of anilines is 1. The number of hydrogen-bond acceptors (Lipinski definition) is 4. The molecule has 0 heterocycles. The lowest BCUT2D eigenvalue weighted by atomic mass is 10.3. The van der Waals surface area contributed by atoms with Crippen LogP contribution in [0.5, 0.6) is 0 Å². The van der Waals surface area contributed by atoms with Crippen molar-refractivity contribution in [2.24, 2.45) is 0 Å². The number of likely N-dealkylation sites (N-methyl/N-ethyl adjacent to an activating group) is 1. The molecule has 0 saturated heterocycles. The van der Waals surface area contributed by atoms with Crippen molar-refractivity contribution >= 4 is 15.7 Å². The van der Waals surface area contributed by atoms with E-state index in [2.05, 4.69) is 10.0 Å². The second-order valence-electron chi connectivity index (χ2n) is 3.07. The Bertz CT molecular complexity index is 400. The van der Waals surface area contributed by atoms with Gasteiger partial charge in [0.1, 0.15) is 0 Å². The van der Waals surface area contributed by atoms with Gasteiger partial charge in [-0.25, -0.2) is 13.1 Å². The van der Waals surface area contributed by atoms with Gasteiger partial charge in [0.25, 0.3) is 0 Å². The summed E-state index contributed by atoms with van der Waals surface area (Å²) in [6.07, 6.45) is 0. The molecule has 0 aliphatic carbocycles. The average molecular weight is 229 g/mol. The van der Waals surface area contributed by atoms with Gasteiger partial charge < -0.3 is 11.1 Å². The standard InChI is InChI=1S/C9H15N3O2S/c1-11-6-7-12-15(13,14)9-4-2-8(10)3-5-9/h2-5,11-12H,6-7,10H2,1H3. The molecule has 4 N–H and O–H groups in total. The predicted molar refractivity (Wildman–Crippen MR) is 60.0 cm³/mol. The molecule has 1 rings (SSSR count). The van der Waals surface area contributed by atoms with Gasteiger partial charge in [-0.05, 0) is 31.3 Å². The fraction of sp³-hybridized carbons (Fsp3) is 0.333. The molecule has 1 aromatic carbocycles. The number of sulfonamides is 1. The average Bonchev–Trinajstić information content (AvgIpc) is 2.18. The lowest BCUT2D eigenvalue weighted by molar-refractivity contribution is 0.579. The van der Waals surface area contributed by atoms with Crippen molar-refractivity contribution in [3.63, 3.8) is 0 Å². The molecule has 0 bridgehead atoms. The minimum Gasteiger partial charge on any atom is -0.399 e. The molecule has 0 spiro atoms. The summed E-state index contributed by atoms with van der Waals surface area (Å²) in [5.74, 6) is 0. The minimum atomic E-state index is -3.39. The topological polar surface area (TPSA) is 84.2 Å². The minimum absolute atomic E-state index is 0.229. The fourth-order valence-electron chi connectivity index (χ4n) is 1.04. The second-order valence-corrected chi connectivity index (χ2v) is 4.84. The second kappa shape index (κ2) is 5.11. The van der Waals surface area contributed by atoms with Gasteiger partial charge in [0, 0.05) is 18.8 Å². The van der Waals surface area contributed by atoms with Gasteiger partial charge >= 0.3 is 0 Å². The third kappa shape index (κ3) is 3.50. The first-order chi connectivity index (χ1) is 7.06. The van der Waals surface area contributed by atoms with E-state index in [1.807, 2.05) is 0 Å². The molecule has 0 aromatic heterocycles. The van der Waals surface area contributed by atoms with Crippen LogP contribution in [0.4, 0.5) is 5.69 Å². The van der Waals surface area contributed by atoms with Crippen molar-refractivity contribution in [2.75, 3.05) is 25.9 Å². The van der Waals surface area contributed by atoms with Crippen LogP contribution in [0, 0.1) is 0 Å². The maximum atomic E-state index is 11.6. The molecule has 15 heavy (non-hydrogen) atoms. The van der Waals surface area contributed by atoms with Gasteiger partial charge in [0.2, 0.25) is 10.0 Å². The largest absolute Gasteiger partial charge is 0.399 e. The first-order valence-corrected chi connectivity index (χ1v) is 6.04. The van der Waals surface area contributed by atoms with E-state index in [9.17, 15) is 8.42 Å². The summed E-state index contributed by atoms with van der Waals surface area (Å²) in [4.78, 5) is 0.229. The highest BCUT2D eigenvalue weighted by Gasteiger charge is 2.11. The first kappa shape index (κ1) is 12.0. The van der Waals surface area contributed by atoms with Crippen molar-refractivity contribution in [2.45, 2.75) is 4.90 Å². The summed E-state index contributed by atoms with van der Waals surface area (Å²) in [7, 11) is -1.63. The molecule has 0 amide bonds. The lowest BCUT2D eigenvalue weighted by Crippen LogP contribution is -2.30. The van der Waals surface area contributed by atoms with E-state index < -0.39 is 10.0 Å². The SMILES string of the molecule is CNCCNS(=O)(=O)c1ccc(N)cc1. The molecule has 0 radical (unpaired) electrons. The van der Waals surface area contributed by atoms with Crippen LogP contribution in [-0.2, 0) is 10.0 Å². The molecule has 84 valence electrons. The normalized spacial score (nSPS) is 11.5. The van der Waals surface area contributed by atoms with Gasteiger partial charge in [0.15, 0.2) is 0 Å². The van der Waals surface area contributed by atoms with Crippen LogP contribution in [0.3, 0.4) is 0 Å². The molecule has 5 nitrogen and oxygen atoms in total. The van der Waals surface area contributed by atoms with Crippen molar-refractivity contribution in [3.8, 4) is 0 Å². The summed E-state index contributed by atoms with van der Waals surface area (Å²) in [5, 5.41) is 2.85. The van der Waals surface area contributed by atoms with E-state index in [0.717, 1.165) is 0 Å². The van der Waals surface area contributed by atoms with Gasteiger partial charge in [0.05, 0.1) is 4.90 Å². The van der Waals surface area contributed by atoms with E-state index in [0.29, 0.717) is 18.8 Å². The molecule has 0 unspecified atom stereocenters. The Labute approximate surface area is 89.7 Å². The van der Waals surface area contributed by atoms with Crippen LogP contribution in [0.25, 0.3) is 0 Å². The third-order valence-electron chi connectivity index (χ3n) is 1.86. The first-order valence-electron chi connectivity index (χ1n) is 4.56. The monoisotopic (exact) mass is 229 g/mol. The van der Waals surface area contributed by atoms with E-state index in [1.54, 1.807) is 19.2 Å². The van der Waals surface area contributed by atoms with Gasteiger partial charge in [-0.1, -0.05) is 0 Å². The molecular weight excluding hydrogens is 214 g/mol. The van der Waals surface area contributed by atoms with E-state index in [-0.39, 0.29) is 4.90 Å². The Balaban J connectivity index is 2.73. The number of hydrogen-bond donors (Lipinski definition) is 3. The van der Waals surface area contributed by atoms with Crippen LogP contribution >= 0.6 is 0 Å². The smallest absolute Gasteiger partial charge is 0.240 e. The highest BCUT2D eigenvalue weighted by molar-refractivity contribution is 7.89. The summed E-state index contributed by atoms with van der Waals surface area (Å²) in [6.45, 7) is 0.956. The van der Waals surface area contributed by atoms with Crippen molar-refractivity contribution < 1.29 is 8.42 Å². The molecule has 0 saturated carbocycles. The number of benzene rings is 1. The highest BCUT2D eigenvalue weighted by Crippen LogP contribution is 2.10. The molecule has 0 fully saturated rings. The van der Waals surface area contributed by atoms with Crippen LogP contribution in [0.15, 0.2) is 29.2 Å². The Morgan fingerprint density at radius 2 is 1.80 bits per heavy atom. The highest BCUT2D eigenvalue weighted by atomic mass is 32.2. The third-order valence-corrected chi connectivity index (χ3v) is 3.33. The fourth-order valence-corrected chi connectivity index (χ4v) is 2.07. The number of nitrogens with two attached hydrogens (primary N) is 1. The predicted octanol–water partition coefficient (Wildman–Crippen LogP) is -0.233. The number of rotatable bonds is 5. The quantitative estimate of drug-likeness (QED) is 0.481. The Hall–Kier alpha value is -1.11. The number of nitrogens with one attached hydrogen (secondary N) is 2. The molecule has 0 aliphatic heterocycles. The Morgan fingerprint density at radius 3 is 2.33 bits per heavy atom. The maximum Gasteiger partial charge on any atom is 0.240 e. The molecule has 1 aromatic rings. The summed E-state index contributed by atoms with van der Waals surface area (Å²) in [6, 6.07) is 6.09. The summed E-state index contributed by atoms with van der Waals surface area (Å²) in [5.41, 5.74) is 6.01. The zero-order chi connectivity index (χ0) is 11.3. The molecular formula is C9H15N3O2S. The van der Waals surface area contributed by atoms with Gasteiger partial charge in [-0.3, -0.25) is 0 Å². The van der Waals surface area contributed by atoms with E-state index in [1.165, 1.54) is 12.1 Å². The van der Waals surface area contributed by atoms with Crippen LogP contribution in [-0.4, -0.2) is 28.6 Å². The van der Waals surface area contributed by atoms with Crippen molar-refractivity contribution in [1.29, 1.82) is 0 Å². The van der Waals surface area contributed by atoms with Crippen molar-refractivity contribution in [1.82, 2.24) is 10.0 Å². The molecule has 6 heteroatoms. The summed E-state index contributed by atoms with van der Waals surface area (Å²) < 4.78 is 25.7. The van der Waals surface area contributed by atoms with Gasteiger partial charge in [-0.15, -0.1) is 0 Å². The van der Waals surface area contributed by atoms with Crippen LogP contribution < -0.4 is 15.8 Å². The molecule has 0 atom stereocenters. The van der Waals surface area contributed by atoms with E-state index in [4.69, 9.17) is 5.73 Å². The van der Waals surface area contributed by atoms with Crippen molar-refractivity contribution in [3.05, 3.63) is 24.3 Å². The van der Waals surface area contributed by atoms with Crippen LogP contribution in [0.1, 0.15) is 0 Å². The van der Waals surface area contributed by atoms with Crippen LogP contribution in [0.2, 0.25) is 0 Å². The zero-order valence-corrected chi connectivity index (χ0v) is 9.34.